The highest BCUT2D eigenvalue weighted by atomic mass is 32.2. The first-order valence-electron chi connectivity index (χ1n) is 8.36. The van der Waals surface area contributed by atoms with E-state index in [2.05, 4.69) is 4.99 Å². The first kappa shape index (κ1) is 18.7. The van der Waals surface area contributed by atoms with E-state index >= 15 is 0 Å². The van der Waals surface area contributed by atoms with Crippen molar-refractivity contribution in [3.8, 4) is 5.75 Å². The molecule has 1 aliphatic heterocycles. The minimum Gasteiger partial charge on any atom is -0.482 e. The number of para-hydroxylation sites is 1. The summed E-state index contributed by atoms with van der Waals surface area (Å²) < 4.78 is 5.11. The van der Waals surface area contributed by atoms with Crippen LogP contribution in [0.25, 0.3) is 6.08 Å². The van der Waals surface area contributed by atoms with Gasteiger partial charge < -0.3 is 9.84 Å². The Hall–Kier alpha value is -3.06. The lowest BCUT2D eigenvalue weighted by molar-refractivity contribution is -0.139. The van der Waals surface area contributed by atoms with E-state index in [-0.39, 0.29) is 12.5 Å². The Morgan fingerprint density at radius 2 is 1.89 bits per heavy atom. The Kier molecular flexibility index (Phi) is 5.93. The van der Waals surface area contributed by atoms with Crippen molar-refractivity contribution in [2.75, 3.05) is 13.2 Å². The van der Waals surface area contributed by atoms with E-state index < -0.39 is 5.97 Å². The number of amides is 1. The zero-order valence-electron chi connectivity index (χ0n) is 14.7. The Morgan fingerprint density at radius 3 is 2.52 bits per heavy atom. The molecule has 0 spiro atoms. The minimum atomic E-state index is -1.03. The third-order valence-corrected chi connectivity index (χ3v) is 4.73. The topological polar surface area (TPSA) is 79.2 Å². The van der Waals surface area contributed by atoms with Gasteiger partial charge in [-0.3, -0.25) is 9.69 Å². The number of nitrogens with zero attached hydrogens (tertiary/aromatic N) is 2. The zero-order chi connectivity index (χ0) is 19.2. The first-order valence-corrected chi connectivity index (χ1v) is 9.18. The summed E-state index contributed by atoms with van der Waals surface area (Å²) >= 11 is 1.34. The zero-order valence-corrected chi connectivity index (χ0v) is 15.5. The second-order valence-corrected chi connectivity index (χ2v) is 6.65. The van der Waals surface area contributed by atoms with E-state index in [0.717, 1.165) is 11.3 Å². The van der Waals surface area contributed by atoms with Gasteiger partial charge in [0.1, 0.15) is 5.75 Å². The van der Waals surface area contributed by atoms with E-state index in [1.807, 2.05) is 37.3 Å². The van der Waals surface area contributed by atoms with E-state index in [9.17, 15) is 9.59 Å². The quantitative estimate of drug-likeness (QED) is 0.770. The van der Waals surface area contributed by atoms with Crippen molar-refractivity contribution in [3.05, 3.63) is 65.1 Å². The molecule has 0 saturated carbocycles. The Labute approximate surface area is 161 Å². The van der Waals surface area contributed by atoms with Crippen molar-refractivity contribution in [1.82, 2.24) is 4.90 Å². The van der Waals surface area contributed by atoms with Gasteiger partial charge in [0.15, 0.2) is 11.8 Å². The fourth-order valence-electron chi connectivity index (χ4n) is 2.44. The lowest BCUT2D eigenvalue weighted by Crippen LogP contribution is -2.28. The molecule has 138 valence electrons. The number of carbonyl (C=O) groups excluding carboxylic acids is 1. The lowest BCUT2D eigenvalue weighted by atomic mass is 10.2. The van der Waals surface area contributed by atoms with Crippen molar-refractivity contribution < 1.29 is 19.4 Å². The van der Waals surface area contributed by atoms with Gasteiger partial charge in [0.2, 0.25) is 0 Å². The highest BCUT2D eigenvalue weighted by Gasteiger charge is 2.32. The second kappa shape index (κ2) is 8.55. The second-order valence-electron chi connectivity index (χ2n) is 5.64. The summed E-state index contributed by atoms with van der Waals surface area (Å²) in [5.41, 5.74) is 1.62. The molecule has 0 bridgehead atoms. The smallest absolute Gasteiger partial charge is 0.341 e. The molecule has 0 aromatic heterocycles. The van der Waals surface area contributed by atoms with Crippen LogP contribution in [0.3, 0.4) is 0 Å². The molecule has 3 rings (SSSR count). The van der Waals surface area contributed by atoms with Crippen LogP contribution in [0, 0.1) is 0 Å². The van der Waals surface area contributed by atoms with Crippen molar-refractivity contribution in [2.45, 2.75) is 6.92 Å². The number of aliphatic imine (C=N–C) groups is 1. The van der Waals surface area contributed by atoms with Gasteiger partial charge in [-0.25, -0.2) is 9.79 Å². The number of carboxylic acids is 1. The van der Waals surface area contributed by atoms with Gasteiger partial charge in [-0.15, -0.1) is 0 Å². The predicted octanol–water partition coefficient (Wildman–Crippen LogP) is 3.77. The van der Waals surface area contributed by atoms with Crippen molar-refractivity contribution in [3.63, 3.8) is 0 Å². The average molecular weight is 382 g/mol. The standard InChI is InChI=1S/C20H18N2O4S/c1-2-22-19(25)17(27-20(22)21-15-6-4-3-5-7-15)12-14-8-10-16(11-9-14)26-13-18(23)24/h3-12H,2,13H2,1H3,(H,23,24)/b17-12+,21-20?. The van der Waals surface area contributed by atoms with Gasteiger partial charge in [0.05, 0.1) is 10.6 Å². The van der Waals surface area contributed by atoms with Crippen LogP contribution in [-0.2, 0) is 9.59 Å². The highest BCUT2D eigenvalue weighted by Crippen LogP contribution is 2.34. The molecule has 0 unspecified atom stereocenters. The molecule has 0 radical (unpaired) electrons. The highest BCUT2D eigenvalue weighted by molar-refractivity contribution is 8.18. The Morgan fingerprint density at radius 1 is 1.19 bits per heavy atom. The van der Waals surface area contributed by atoms with Gasteiger partial charge in [-0.05, 0) is 54.6 Å². The summed E-state index contributed by atoms with van der Waals surface area (Å²) in [5, 5.41) is 9.29. The largest absolute Gasteiger partial charge is 0.482 e. The van der Waals surface area contributed by atoms with E-state index in [1.165, 1.54) is 11.8 Å². The fraction of sp³-hybridized carbons (Fsp3) is 0.150. The number of ether oxygens (including phenoxy) is 1. The maximum Gasteiger partial charge on any atom is 0.341 e. The van der Waals surface area contributed by atoms with Crippen LogP contribution in [-0.4, -0.2) is 40.2 Å². The van der Waals surface area contributed by atoms with Crippen LogP contribution in [0.5, 0.6) is 5.75 Å². The number of likely N-dealkylation sites (N-methyl/N-ethyl adjacent to an activating group) is 1. The van der Waals surface area contributed by atoms with Gasteiger partial charge in [-0.2, -0.15) is 0 Å². The van der Waals surface area contributed by atoms with Crippen LogP contribution >= 0.6 is 11.8 Å². The molecule has 1 heterocycles. The number of rotatable bonds is 6. The number of carboxylic acid groups (broad SMARTS) is 1. The summed E-state index contributed by atoms with van der Waals surface area (Å²) in [7, 11) is 0. The molecule has 0 aliphatic carbocycles. The molecule has 1 N–H and O–H groups in total. The van der Waals surface area contributed by atoms with E-state index in [0.29, 0.717) is 22.4 Å². The van der Waals surface area contributed by atoms with Gasteiger partial charge >= 0.3 is 5.97 Å². The molecule has 2 aromatic rings. The number of benzene rings is 2. The molecule has 1 saturated heterocycles. The molecule has 7 heteroatoms. The van der Waals surface area contributed by atoms with Crippen molar-refractivity contribution in [1.29, 1.82) is 0 Å². The Bertz CT molecular complexity index is 892. The predicted molar refractivity (Wildman–Crippen MR) is 106 cm³/mol. The maximum atomic E-state index is 12.7. The molecular weight excluding hydrogens is 364 g/mol. The van der Waals surface area contributed by atoms with Gasteiger partial charge in [0.25, 0.3) is 5.91 Å². The summed E-state index contributed by atoms with van der Waals surface area (Å²) in [6.07, 6.45) is 1.80. The summed E-state index contributed by atoms with van der Waals surface area (Å²) in [6.45, 7) is 2.06. The number of aliphatic carboxylic acids is 1. The van der Waals surface area contributed by atoms with Gasteiger partial charge in [0, 0.05) is 6.54 Å². The normalized spacial score (nSPS) is 16.9. The van der Waals surface area contributed by atoms with E-state index in [1.54, 1.807) is 35.2 Å². The minimum absolute atomic E-state index is 0.0802. The number of carbonyl (C=O) groups is 2. The van der Waals surface area contributed by atoms with Crippen LogP contribution in [0.2, 0.25) is 0 Å². The molecule has 1 aliphatic rings. The molecular formula is C20H18N2O4S. The summed E-state index contributed by atoms with van der Waals surface area (Å²) in [5.74, 6) is -0.645. The molecule has 6 nitrogen and oxygen atoms in total. The summed E-state index contributed by atoms with van der Waals surface area (Å²) in [4.78, 5) is 30.0. The SMILES string of the molecule is CCN1C(=O)/C(=C\c2ccc(OCC(=O)O)cc2)SC1=Nc1ccccc1. The van der Waals surface area contributed by atoms with Crippen LogP contribution in [0.1, 0.15) is 12.5 Å². The molecule has 0 atom stereocenters. The number of hydrogen-bond donors (Lipinski definition) is 1. The van der Waals surface area contributed by atoms with Crippen molar-refractivity contribution in [2.24, 2.45) is 4.99 Å². The molecule has 1 amide bonds. The average Bonchev–Trinajstić information content (AvgIpc) is 2.96. The third-order valence-electron chi connectivity index (χ3n) is 3.73. The van der Waals surface area contributed by atoms with Crippen LogP contribution in [0.15, 0.2) is 64.5 Å². The number of hydrogen-bond acceptors (Lipinski definition) is 5. The number of thioether (sulfide) groups is 1. The Balaban J connectivity index is 1.79. The van der Waals surface area contributed by atoms with E-state index in [4.69, 9.17) is 9.84 Å². The van der Waals surface area contributed by atoms with Crippen LogP contribution < -0.4 is 4.74 Å². The monoisotopic (exact) mass is 382 g/mol. The fourth-order valence-corrected chi connectivity index (χ4v) is 3.50. The van der Waals surface area contributed by atoms with Gasteiger partial charge in [-0.1, -0.05) is 30.3 Å². The molecule has 27 heavy (non-hydrogen) atoms. The molecule has 1 fully saturated rings. The van der Waals surface area contributed by atoms with Crippen molar-refractivity contribution >= 4 is 40.6 Å². The lowest BCUT2D eigenvalue weighted by Gasteiger charge is -2.11. The molecule has 2 aromatic carbocycles. The van der Waals surface area contributed by atoms with Crippen LogP contribution in [0.4, 0.5) is 5.69 Å². The first-order chi connectivity index (χ1) is 13.1. The maximum absolute atomic E-state index is 12.7. The summed E-state index contributed by atoms with van der Waals surface area (Å²) in [6, 6.07) is 16.4. The third kappa shape index (κ3) is 4.77. The number of amidine groups is 1.